The molecule has 3 nitrogen and oxygen atoms in total. The van der Waals surface area contributed by atoms with Crippen LogP contribution in [0.1, 0.15) is 31.7 Å². The molecule has 2 N–H and O–H groups in total. The number of benzene rings is 1. The fourth-order valence-electron chi connectivity index (χ4n) is 2.19. The number of carbonyl (C=O) groups is 1. The zero-order chi connectivity index (χ0) is 14.0. The highest BCUT2D eigenvalue weighted by Crippen LogP contribution is 2.47. The largest absolute Gasteiger partial charge is 0.396 e. The van der Waals surface area contributed by atoms with Crippen LogP contribution in [-0.4, -0.2) is 23.7 Å². The Morgan fingerprint density at radius 3 is 2.63 bits per heavy atom. The molecular formula is C15H20BrNO2. The van der Waals surface area contributed by atoms with Gasteiger partial charge in [0.15, 0.2) is 0 Å². The number of aliphatic hydroxyl groups is 1. The van der Waals surface area contributed by atoms with E-state index in [1.165, 1.54) is 5.56 Å². The van der Waals surface area contributed by atoms with Crippen LogP contribution in [-0.2, 0) is 4.79 Å². The van der Waals surface area contributed by atoms with E-state index in [1.54, 1.807) is 0 Å². The highest BCUT2D eigenvalue weighted by Gasteiger charge is 2.44. The molecule has 1 aliphatic carbocycles. The van der Waals surface area contributed by atoms with Crippen molar-refractivity contribution in [1.82, 2.24) is 5.32 Å². The van der Waals surface area contributed by atoms with Gasteiger partial charge in [-0.25, -0.2) is 0 Å². The topological polar surface area (TPSA) is 49.3 Å². The number of amides is 1. The third kappa shape index (κ3) is 3.57. The first kappa shape index (κ1) is 14.5. The normalized spacial score (nSPS) is 24.6. The van der Waals surface area contributed by atoms with Crippen molar-refractivity contribution in [2.24, 2.45) is 11.8 Å². The number of hydrogen-bond donors (Lipinski definition) is 2. The number of nitrogens with one attached hydrogen (secondary N) is 1. The molecule has 1 saturated carbocycles. The number of carbonyl (C=O) groups excluding carboxylic acids is 1. The number of hydrogen-bond acceptors (Lipinski definition) is 2. The molecule has 1 aromatic rings. The second-order valence-corrected chi connectivity index (χ2v) is 6.37. The van der Waals surface area contributed by atoms with Gasteiger partial charge in [0.1, 0.15) is 0 Å². The first-order valence-electron chi connectivity index (χ1n) is 6.69. The summed E-state index contributed by atoms with van der Waals surface area (Å²) in [6.45, 7) is 3.97. The van der Waals surface area contributed by atoms with Gasteiger partial charge in [0, 0.05) is 23.0 Å². The summed E-state index contributed by atoms with van der Waals surface area (Å²) >= 11 is 3.41. The van der Waals surface area contributed by atoms with E-state index in [1.807, 2.05) is 26.0 Å². The molecular weight excluding hydrogens is 306 g/mol. The molecule has 4 unspecified atom stereocenters. The molecule has 0 heterocycles. The van der Waals surface area contributed by atoms with Gasteiger partial charge >= 0.3 is 0 Å². The van der Waals surface area contributed by atoms with Crippen LogP contribution in [0.2, 0.25) is 0 Å². The third-order valence-electron chi connectivity index (χ3n) is 3.94. The Hall–Kier alpha value is -0.870. The Kier molecular flexibility index (Phi) is 4.63. The van der Waals surface area contributed by atoms with Gasteiger partial charge in [-0.15, -0.1) is 0 Å². The van der Waals surface area contributed by atoms with Crippen molar-refractivity contribution >= 4 is 21.8 Å². The maximum atomic E-state index is 12.1. The molecule has 0 bridgehead atoms. The minimum Gasteiger partial charge on any atom is -0.396 e. The van der Waals surface area contributed by atoms with Gasteiger partial charge in [-0.05, 0) is 42.9 Å². The molecule has 104 valence electrons. The molecule has 1 fully saturated rings. The van der Waals surface area contributed by atoms with Crippen molar-refractivity contribution in [2.75, 3.05) is 6.61 Å². The molecule has 0 aromatic heterocycles. The number of rotatable bonds is 5. The molecule has 19 heavy (non-hydrogen) atoms. The Balaban J connectivity index is 1.88. The smallest absolute Gasteiger partial charge is 0.223 e. The average Bonchev–Trinajstić information content (AvgIpc) is 3.18. The molecule has 0 radical (unpaired) electrons. The molecule has 1 aliphatic rings. The minimum atomic E-state index is 0.0173. The molecule has 0 spiro atoms. The Morgan fingerprint density at radius 1 is 1.42 bits per heavy atom. The van der Waals surface area contributed by atoms with E-state index >= 15 is 0 Å². The first-order valence-corrected chi connectivity index (χ1v) is 7.49. The van der Waals surface area contributed by atoms with Gasteiger partial charge in [-0.3, -0.25) is 4.79 Å². The lowest BCUT2D eigenvalue weighted by molar-refractivity contribution is -0.123. The maximum Gasteiger partial charge on any atom is 0.223 e. The molecule has 2 rings (SSSR count). The summed E-state index contributed by atoms with van der Waals surface area (Å²) in [7, 11) is 0. The van der Waals surface area contributed by atoms with E-state index in [0.717, 1.165) is 10.9 Å². The summed E-state index contributed by atoms with van der Waals surface area (Å²) < 4.78 is 1.06. The van der Waals surface area contributed by atoms with Gasteiger partial charge in [0.2, 0.25) is 5.91 Å². The van der Waals surface area contributed by atoms with Gasteiger partial charge in [0.05, 0.1) is 0 Å². The number of aliphatic hydroxyl groups excluding tert-OH is 1. The summed E-state index contributed by atoms with van der Waals surface area (Å²) in [5.74, 6) is 0.647. The second-order valence-electron chi connectivity index (χ2n) is 5.46. The van der Waals surface area contributed by atoms with E-state index in [2.05, 4.69) is 33.4 Å². The summed E-state index contributed by atoms with van der Waals surface area (Å²) in [4.78, 5) is 12.1. The van der Waals surface area contributed by atoms with Crippen LogP contribution >= 0.6 is 15.9 Å². The zero-order valence-electron chi connectivity index (χ0n) is 11.3. The summed E-state index contributed by atoms with van der Waals surface area (Å²) in [5.41, 5.74) is 1.23. The molecule has 0 saturated heterocycles. The van der Waals surface area contributed by atoms with Crippen molar-refractivity contribution in [3.05, 3.63) is 34.3 Å². The molecule has 4 heteroatoms. The van der Waals surface area contributed by atoms with Crippen LogP contribution < -0.4 is 5.32 Å². The van der Waals surface area contributed by atoms with E-state index in [-0.39, 0.29) is 30.4 Å². The Labute approximate surface area is 122 Å². The fraction of sp³-hybridized carbons (Fsp3) is 0.533. The van der Waals surface area contributed by atoms with Crippen LogP contribution in [0.5, 0.6) is 0 Å². The first-order chi connectivity index (χ1) is 9.02. The Bertz CT molecular complexity index is 446. The van der Waals surface area contributed by atoms with E-state index in [0.29, 0.717) is 5.92 Å². The quantitative estimate of drug-likeness (QED) is 0.874. The van der Waals surface area contributed by atoms with Crippen molar-refractivity contribution in [2.45, 2.75) is 32.2 Å². The van der Waals surface area contributed by atoms with Gasteiger partial charge < -0.3 is 10.4 Å². The summed E-state index contributed by atoms with van der Waals surface area (Å²) in [6.07, 6.45) is 0.924. The Morgan fingerprint density at radius 2 is 2.05 bits per heavy atom. The highest BCUT2D eigenvalue weighted by molar-refractivity contribution is 9.10. The lowest BCUT2D eigenvalue weighted by atomic mass is 10.0. The second kappa shape index (κ2) is 6.06. The maximum absolute atomic E-state index is 12.1. The predicted molar refractivity (Wildman–Crippen MR) is 78.8 cm³/mol. The van der Waals surface area contributed by atoms with E-state index < -0.39 is 0 Å². The summed E-state index contributed by atoms with van der Waals surface area (Å²) in [5, 5.41) is 12.1. The molecule has 1 amide bonds. The van der Waals surface area contributed by atoms with Crippen LogP contribution in [0.3, 0.4) is 0 Å². The fourth-order valence-corrected chi connectivity index (χ4v) is 2.46. The molecule has 4 atom stereocenters. The van der Waals surface area contributed by atoms with Crippen LogP contribution in [0.4, 0.5) is 0 Å². The monoisotopic (exact) mass is 325 g/mol. The minimum absolute atomic E-state index is 0.0173. The zero-order valence-corrected chi connectivity index (χ0v) is 12.9. The number of halogens is 1. The van der Waals surface area contributed by atoms with E-state index in [9.17, 15) is 4.79 Å². The van der Waals surface area contributed by atoms with Crippen LogP contribution in [0.15, 0.2) is 28.7 Å². The highest BCUT2D eigenvalue weighted by atomic mass is 79.9. The van der Waals surface area contributed by atoms with Crippen molar-refractivity contribution < 1.29 is 9.90 Å². The molecule has 1 aromatic carbocycles. The van der Waals surface area contributed by atoms with Crippen LogP contribution in [0.25, 0.3) is 0 Å². The predicted octanol–water partition coefficient (Wildman–Crippen LogP) is 2.69. The summed E-state index contributed by atoms with van der Waals surface area (Å²) in [6, 6.07) is 8.19. The third-order valence-corrected chi connectivity index (χ3v) is 4.47. The lowest BCUT2D eigenvalue weighted by Crippen LogP contribution is -2.39. The standard InChI is InChI=1S/C15H20BrNO2/c1-9(8-18)10(2)17-15(19)14-7-13(14)11-3-5-12(16)6-4-11/h3-6,9-10,13-14,18H,7-8H2,1-2H3,(H,17,19). The van der Waals surface area contributed by atoms with Gasteiger partial charge in [-0.1, -0.05) is 35.0 Å². The van der Waals surface area contributed by atoms with E-state index in [4.69, 9.17) is 5.11 Å². The van der Waals surface area contributed by atoms with Crippen molar-refractivity contribution in [3.8, 4) is 0 Å². The lowest BCUT2D eigenvalue weighted by Gasteiger charge is -2.19. The van der Waals surface area contributed by atoms with Gasteiger partial charge in [-0.2, -0.15) is 0 Å². The van der Waals surface area contributed by atoms with Crippen molar-refractivity contribution in [1.29, 1.82) is 0 Å². The van der Waals surface area contributed by atoms with Crippen molar-refractivity contribution in [3.63, 3.8) is 0 Å². The molecule has 0 aliphatic heterocycles. The van der Waals surface area contributed by atoms with Gasteiger partial charge in [0.25, 0.3) is 0 Å². The average molecular weight is 326 g/mol. The van der Waals surface area contributed by atoms with Crippen LogP contribution in [0, 0.1) is 11.8 Å². The SMILES string of the molecule is CC(CO)C(C)NC(=O)C1CC1c1ccc(Br)cc1.